The van der Waals surface area contributed by atoms with Crippen molar-refractivity contribution in [2.75, 3.05) is 17.8 Å². The summed E-state index contributed by atoms with van der Waals surface area (Å²) >= 11 is 1.44. The fourth-order valence-electron chi connectivity index (χ4n) is 3.10. The number of hydrogen-bond donors (Lipinski definition) is 0. The zero-order chi connectivity index (χ0) is 23.1. The Morgan fingerprint density at radius 2 is 1.94 bits per heavy atom. The second kappa shape index (κ2) is 10.8. The summed E-state index contributed by atoms with van der Waals surface area (Å²) in [4.78, 5) is 10.6. The highest BCUT2D eigenvalue weighted by molar-refractivity contribution is 7.98. The zero-order valence-corrected chi connectivity index (χ0v) is 19.3. The molecule has 0 amide bonds. The number of nitriles is 1. The van der Waals surface area contributed by atoms with Crippen LogP contribution in [0.2, 0.25) is 0 Å². The van der Waals surface area contributed by atoms with Crippen molar-refractivity contribution in [2.45, 2.75) is 38.6 Å². The summed E-state index contributed by atoms with van der Waals surface area (Å²) in [6.45, 7) is 6.28. The summed E-state index contributed by atoms with van der Waals surface area (Å²) < 4.78 is 27.1. The Balaban J connectivity index is 2.14. The van der Waals surface area contributed by atoms with Gasteiger partial charge in [-0.3, -0.25) is 0 Å². The molecule has 0 aliphatic heterocycles. The van der Waals surface area contributed by atoms with Crippen LogP contribution in [0.15, 0.2) is 53.8 Å². The number of hydrogen-bond acceptors (Lipinski definition) is 7. The molecule has 0 spiro atoms. The molecule has 1 heterocycles. The van der Waals surface area contributed by atoms with E-state index in [1.807, 2.05) is 27.0 Å². The maximum atomic E-state index is 15.7. The largest absolute Gasteiger partial charge is 0.494 e. The van der Waals surface area contributed by atoms with Crippen LogP contribution >= 0.6 is 11.8 Å². The van der Waals surface area contributed by atoms with E-state index >= 15 is 4.39 Å². The molecule has 0 aliphatic carbocycles. The summed E-state index contributed by atoms with van der Waals surface area (Å²) in [6, 6.07) is 14.1. The van der Waals surface area contributed by atoms with E-state index in [9.17, 15) is 0 Å². The Bertz CT molecular complexity index is 1100. The van der Waals surface area contributed by atoms with E-state index in [1.54, 1.807) is 53.6 Å². The molecular weight excluding hydrogens is 427 g/mol. The minimum Gasteiger partial charge on any atom is -0.494 e. The van der Waals surface area contributed by atoms with Gasteiger partial charge in [-0.2, -0.15) is 5.26 Å². The molecule has 0 atom stereocenters. The normalized spacial score (nSPS) is 10.7. The smallest absolute Gasteiger partial charge is 0.188 e. The molecule has 3 rings (SSSR count). The summed E-state index contributed by atoms with van der Waals surface area (Å²) in [6.07, 6.45) is 3.38. The third kappa shape index (κ3) is 5.68. The quantitative estimate of drug-likeness (QED) is 0.303. The summed E-state index contributed by atoms with van der Waals surface area (Å²) in [5.74, 6) is 0.128. The Morgan fingerprint density at radius 1 is 1.19 bits per heavy atom. The molecule has 6 nitrogen and oxygen atoms in total. The maximum absolute atomic E-state index is 15.7. The van der Waals surface area contributed by atoms with Crippen molar-refractivity contribution in [2.24, 2.45) is 0 Å². The van der Waals surface area contributed by atoms with Crippen molar-refractivity contribution in [3.63, 3.8) is 0 Å². The maximum Gasteiger partial charge on any atom is 0.188 e. The SMILES string of the molecule is CCOc1cc(OC(C)C)c(F)c(N(Cc2ccnc(SC)n2)c2ccc(C#N)cc2)c1. The first-order chi connectivity index (χ1) is 15.4. The van der Waals surface area contributed by atoms with Gasteiger partial charge in [0.1, 0.15) is 5.75 Å². The van der Waals surface area contributed by atoms with Crippen LogP contribution in [-0.4, -0.2) is 28.9 Å². The number of benzene rings is 2. The van der Waals surface area contributed by atoms with Gasteiger partial charge in [0.05, 0.1) is 42.3 Å². The van der Waals surface area contributed by atoms with Crippen LogP contribution in [0.1, 0.15) is 32.0 Å². The van der Waals surface area contributed by atoms with Gasteiger partial charge < -0.3 is 14.4 Å². The second-order valence-corrected chi connectivity index (χ2v) is 7.91. The first kappa shape index (κ1) is 23.4. The van der Waals surface area contributed by atoms with E-state index in [1.165, 1.54) is 11.8 Å². The van der Waals surface area contributed by atoms with E-state index in [4.69, 9.17) is 14.7 Å². The molecule has 0 radical (unpaired) electrons. The third-order valence-electron chi connectivity index (χ3n) is 4.46. The topological polar surface area (TPSA) is 71.3 Å². The standard InChI is InChI=1S/C24H25FN4O2S/c1-5-30-20-12-21(23(25)22(13-20)31-16(2)3)29(19-8-6-17(14-26)7-9-19)15-18-10-11-27-24(28-18)32-4/h6-13,16H,5,15H2,1-4H3. The molecule has 3 aromatic rings. The molecule has 1 aromatic heterocycles. The van der Waals surface area contributed by atoms with Gasteiger partial charge in [0.2, 0.25) is 0 Å². The highest BCUT2D eigenvalue weighted by Gasteiger charge is 2.21. The summed E-state index contributed by atoms with van der Waals surface area (Å²) in [5.41, 5.74) is 2.24. The Morgan fingerprint density at radius 3 is 2.56 bits per heavy atom. The monoisotopic (exact) mass is 452 g/mol. The number of halogens is 1. The minimum absolute atomic E-state index is 0.118. The lowest BCUT2D eigenvalue weighted by molar-refractivity contribution is 0.229. The lowest BCUT2D eigenvalue weighted by Crippen LogP contribution is -2.20. The number of ether oxygens (including phenoxy) is 2. The van der Waals surface area contributed by atoms with Gasteiger partial charge in [-0.05, 0) is 57.4 Å². The molecule has 8 heteroatoms. The average Bonchev–Trinajstić information content (AvgIpc) is 2.80. The number of aromatic nitrogens is 2. The molecule has 0 N–H and O–H groups in total. The van der Waals surface area contributed by atoms with Gasteiger partial charge in [0.25, 0.3) is 0 Å². The molecule has 166 valence electrons. The van der Waals surface area contributed by atoms with Gasteiger partial charge in [0.15, 0.2) is 16.7 Å². The van der Waals surface area contributed by atoms with Crippen molar-refractivity contribution < 1.29 is 13.9 Å². The molecule has 0 aliphatic rings. The van der Waals surface area contributed by atoms with Crippen molar-refractivity contribution in [1.29, 1.82) is 5.26 Å². The molecule has 0 saturated carbocycles. The number of rotatable bonds is 9. The molecule has 0 saturated heterocycles. The van der Waals surface area contributed by atoms with Gasteiger partial charge in [-0.15, -0.1) is 0 Å². The summed E-state index contributed by atoms with van der Waals surface area (Å²) in [5, 5.41) is 9.79. The third-order valence-corrected chi connectivity index (χ3v) is 5.02. The van der Waals surface area contributed by atoms with Crippen LogP contribution in [0, 0.1) is 17.1 Å². The van der Waals surface area contributed by atoms with Crippen LogP contribution in [0.3, 0.4) is 0 Å². The second-order valence-electron chi connectivity index (χ2n) is 7.13. The van der Waals surface area contributed by atoms with E-state index in [-0.39, 0.29) is 18.4 Å². The molecular formula is C24H25FN4O2S. The van der Waals surface area contributed by atoms with Gasteiger partial charge in [-0.1, -0.05) is 11.8 Å². The van der Waals surface area contributed by atoms with Gasteiger partial charge in [-0.25, -0.2) is 14.4 Å². The Hall–Kier alpha value is -3.31. The summed E-state index contributed by atoms with van der Waals surface area (Å²) in [7, 11) is 0. The first-order valence-electron chi connectivity index (χ1n) is 10.2. The van der Waals surface area contributed by atoms with E-state index in [2.05, 4.69) is 16.0 Å². The van der Waals surface area contributed by atoms with Gasteiger partial charge in [0, 0.05) is 24.0 Å². The van der Waals surface area contributed by atoms with E-state index in [0.29, 0.717) is 34.5 Å². The predicted octanol–water partition coefficient (Wildman–Crippen LogP) is 5.73. The molecule has 0 fully saturated rings. The predicted molar refractivity (Wildman–Crippen MR) is 124 cm³/mol. The molecule has 2 aromatic carbocycles. The van der Waals surface area contributed by atoms with Crippen molar-refractivity contribution in [3.05, 3.63) is 65.7 Å². The fourth-order valence-corrected chi connectivity index (χ4v) is 3.48. The number of nitrogens with zero attached hydrogens (tertiary/aromatic N) is 4. The minimum atomic E-state index is -0.495. The van der Waals surface area contributed by atoms with E-state index in [0.717, 1.165) is 5.69 Å². The van der Waals surface area contributed by atoms with Crippen molar-refractivity contribution >= 4 is 23.1 Å². The fraction of sp³-hybridized carbons (Fsp3) is 0.292. The average molecular weight is 453 g/mol. The van der Waals surface area contributed by atoms with Gasteiger partial charge >= 0.3 is 0 Å². The van der Waals surface area contributed by atoms with Crippen molar-refractivity contribution in [3.8, 4) is 17.6 Å². The lowest BCUT2D eigenvalue weighted by Gasteiger charge is -2.27. The zero-order valence-electron chi connectivity index (χ0n) is 18.5. The number of anilines is 2. The Labute approximate surface area is 192 Å². The first-order valence-corrected chi connectivity index (χ1v) is 11.4. The van der Waals surface area contributed by atoms with Crippen LogP contribution in [0.4, 0.5) is 15.8 Å². The van der Waals surface area contributed by atoms with Crippen LogP contribution in [-0.2, 0) is 6.54 Å². The Kier molecular flexibility index (Phi) is 7.90. The molecule has 32 heavy (non-hydrogen) atoms. The van der Waals surface area contributed by atoms with Crippen LogP contribution in [0.25, 0.3) is 0 Å². The highest BCUT2D eigenvalue weighted by atomic mass is 32.2. The van der Waals surface area contributed by atoms with Crippen LogP contribution < -0.4 is 14.4 Å². The van der Waals surface area contributed by atoms with Crippen LogP contribution in [0.5, 0.6) is 11.5 Å². The number of thioether (sulfide) groups is 1. The molecule has 0 bridgehead atoms. The van der Waals surface area contributed by atoms with Crippen molar-refractivity contribution in [1.82, 2.24) is 9.97 Å². The van der Waals surface area contributed by atoms with E-state index < -0.39 is 5.82 Å². The molecule has 0 unspecified atom stereocenters. The highest BCUT2D eigenvalue weighted by Crippen LogP contribution is 2.38. The lowest BCUT2D eigenvalue weighted by atomic mass is 10.1.